The molecular formula is C48H42Cl2F6N4O4S2. The van der Waals surface area contributed by atoms with Gasteiger partial charge >= 0.3 is 12.4 Å². The molecule has 0 aliphatic carbocycles. The number of likely N-dealkylation sites (tertiary alicyclic amines) is 2. The summed E-state index contributed by atoms with van der Waals surface area (Å²) in [5.74, 6) is 0. The topological polar surface area (TPSA) is 98.8 Å². The molecule has 346 valence electrons. The summed E-state index contributed by atoms with van der Waals surface area (Å²) in [5, 5.41) is 1.05. The molecule has 0 radical (unpaired) electrons. The third kappa shape index (κ3) is 11.3. The van der Waals surface area contributed by atoms with Gasteiger partial charge in [-0.15, -0.1) is 0 Å². The van der Waals surface area contributed by atoms with E-state index in [0.29, 0.717) is 83.5 Å². The smallest absolute Gasteiger partial charge is 0.297 e. The van der Waals surface area contributed by atoms with E-state index in [-0.39, 0.29) is 18.7 Å². The van der Waals surface area contributed by atoms with Crippen LogP contribution in [0.1, 0.15) is 35.1 Å². The Labute approximate surface area is 389 Å². The van der Waals surface area contributed by atoms with E-state index in [1.54, 1.807) is 42.5 Å². The van der Waals surface area contributed by atoms with E-state index >= 15 is 0 Å². The zero-order chi connectivity index (χ0) is 47.0. The summed E-state index contributed by atoms with van der Waals surface area (Å²) in [4.78, 5) is 2.83. The highest BCUT2D eigenvalue weighted by molar-refractivity contribution is 7.89. The van der Waals surface area contributed by atoms with Crippen LogP contribution < -0.4 is 9.44 Å². The molecule has 2 N–H and O–H groups in total. The van der Waals surface area contributed by atoms with Gasteiger partial charge in [0.05, 0.1) is 20.9 Å². The lowest BCUT2D eigenvalue weighted by atomic mass is 9.93. The average Bonchev–Trinajstić information content (AvgIpc) is 3.91. The lowest BCUT2D eigenvalue weighted by Crippen LogP contribution is -2.37. The van der Waals surface area contributed by atoms with Crippen LogP contribution in [-0.2, 0) is 45.5 Å². The van der Waals surface area contributed by atoms with E-state index in [0.717, 1.165) is 41.0 Å². The maximum atomic E-state index is 14.7. The highest BCUT2D eigenvalue weighted by Gasteiger charge is 2.36. The summed E-state index contributed by atoms with van der Waals surface area (Å²) in [5.41, 5.74) is 2.62. The molecule has 0 bridgehead atoms. The molecule has 8 nitrogen and oxygen atoms in total. The van der Waals surface area contributed by atoms with Gasteiger partial charge in [0.15, 0.2) is 0 Å². The lowest BCUT2D eigenvalue weighted by molar-refractivity contribution is -0.138. The number of alkyl halides is 6. The molecule has 6 aromatic rings. The molecule has 2 fully saturated rings. The molecule has 0 amide bonds. The van der Waals surface area contributed by atoms with Crippen molar-refractivity contribution in [2.45, 2.75) is 60.2 Å². The van der Waals surface area contributed by atoms with Crippen LogP contribution in [0.5, 0.6) is 0 Å². The van der Waals surface area contributed by atoms with Gasteiger partial charge in [0, 0.05) is 67.0 Å². The highest BCUT2D eigenvalue weighted by Crippen LogP contribution is 2.39. The number of nitrogens with zero attached hydrogens (tertiary/aromatic N) is 2. The summed E-state index contributed by atoms with van der Waals surface area (Å²) in [6.07, 6.45) is -8.94. The second-order valence-electron chi connectivity index (χ2n) is 16.5. The van der Waals surface area contributed by atoms with Crippen LogP contribution in [0.25, 0.3) is 33.4 Å². The first kappa shape index (κ1) is 47.7. The van der Waals surface area contributed by atoms with Crippen molar-refractivity contribution in [1.29, 1.82) is 0 Å². The Morgan fingerprint density at radius 1 is 0.530 bits per heavy atom. The van der Waals surface area contributed by atoms with Crippen LogP contribution in [0, 0.1) is 0 Å². The highest BCUT2D eigenvalue weighted by atomic mass is 35.5. The lowest BCUT2D eigenvalue weighted by Gasteiger charge is -2.21. The summed E-state index contributed by atoms with van der Waals surface area (Å²) in [6.45, 7) is 1.99. The van der Waals surface area contributed by atoms with E-state index in [1.165, 1.54) is 6.07 Å². The van der Waals surface area contributed by atoms with Gasteiger partial charge in [-0.25, -0.2) is 26.3 Å². The predicted molar refractivity (Wildman–Crippen MR) is 244 cm³/mol. The number of benzene rings is 6. The fourth-order valence-electron chi connectivity index (χ4n) is 8.45. The van der Waals surface area contributed by atoms with E-state index in [2.05, 4.69) is 14.3 Å². The summed E-state index contributed by atoms with van der Waals surface area (Å²) < 4.78 is 144. The molecule has 6 aromatic carbocycles. The molecule has 0 aromatic heterocycles. The van der Waals surface area contributed by atoms with E-state index in [4.69, 9.17) is 23.2 Å². The van der Waals surface area contributed by atoms with Gasteiger partial charge in [-0.2, -0.15) is 26.3 Å². The molecule has 2 aliphatic heterocycles. The van der Waals surface area contributed by atoms with Crippen LogP contribution in [-0.4, -0.2) is 64.9 Å². The zero-order valence-electron chi connectivity index (χ0n) is 34.9. The Morgan fingerprint density at radius 2 is 1.12 bits per heavy atom. The molecule has 2 heterocycles. The minimum absolute atomic E-state index is 0.0154. The van der Waals surface area contributed by atoms with Crippen molar-refractivity contribution in [2.24, 2.45) is 0 Å². The number of halogens is 8. The van der Waals surface area contributed by atoms with Crippen molar-refractivity contribution in [1.82, 2.24) is 19.2 Å². The molecule has 66 heavy (non-hydrogen) atoms. The molecule has 0 unspecified atom stereocenters. The molecule has 2 atom stereocenters. The van der Waals surface area contributed by atoms with Crippen LogP contribution in [0.4, 0.5) is 26.3 Å². The second-order valence-corrected chi connectivity index (χ2v) is 20.8. The van der Waals surface area contributed by atoms with Crippen LogP contribution in [0.3, 0.4) is 0 Å². The number of hydrogen-bond acceptors (Lipinski definition) is 6. The van der Waals surface area contributed by atoms with Gasteiger partial charge in [0.2, 0.25) is 20.0 Å². The van der Waals surface area contributed by atoms with Crippen molar-refractivity contribution < 1.29 is 43.2 Å². The van der Waals surface area contributed by atoms with Crippen molar-refractivity contribution in [3.8, 4) is 33.4 Å². The molecule has 18 heteroatoms. The summed E-state index contributed by atoms with van der Waals surface area (Å²) in [7, 11) is -8.85. The van der Waals surface area contributed by atoms with Gasteiger partial charge in [-0.05, 0) is 112 Å². The number of sulfonamides is 2. The van der Waals surface area contributed by atoms with Crippen LogP contribution in [0.15, 0.2) is 143 Å². The van der Waals surface area contributed by atoms with Gasteiger partial charge in [0.25, 0.3) is 0 Å². The summed E-state index contributed by atoms with van der Waals surface area (Å²) in [6, 6.07) is 32.3. The predicted octanol–water partition coefficient (Wildman–Crippen LogP) is 11.1. The van der Waals surface area contributed by atoms with Crippen molar-refractivity contribution >= 4 is 43.2 Å². The zero-order valence-corrected chi connectivity index (χ0v) is 38.0. The second kappa shape index (κ2) is 19.1. The Morgan fingerprint density at radius 3 is 1.77 bits per heavy atom. The van der Waals surface area contributed by atoms with E-state index < -0.39 is 65.4 Å². The first-order valence-corrected chi connectivity index (χ1v) is 24.5. The number of rotatable bonds is 13. The monoisotopic (exact) mass is 986 g/mol. The standard InChI is InChI=1S/C48H42Cl2F6N4O4S2/c49-39-7-3-5-33(22-39)34-15-16-35(28-60-20-18-41(30-60)57-65(61,62)42-8-4-6-37(25-42)47(51,52)53)45(24-34)36-21-38(48(54,55)56)26-43(23-36)66(63,64)58-40-17-19-59(29-40)27-31-11-13-32(14-12-31)44-9-1-2-10-46(44)50/h1-16,21-26,40-41,57-58H,17-20,27-30H2/t40-,41-/m1/s1. The minimum atomic E-state index is -4.92. The molecule has 2 saturated heterocycles. The summed E-state index contributed by atoms with van der Waals surface area (Å²) >= 11 is 12.7. The van der Waals surface area contributed by atoms with E-state index in [9.17, 15) is 43.2 Å². The maximum absolute atomic E-state index is 14.7. The van der Waals surface area contributed by atoms with Crippen molar-refractivity contribution in [2.75, 3.05) is 26.2 Å². The Balaban J connectivity index is 1.04. The van der Waals surface area contributed by atoms with Crippen LogP contribution in [0.2, 0.25) is 10.0 Å². The molecular weight excluding hydrogens is 946 g/mol. The third-order valence-electron chi connectivity index (χ3n) is 11.7. The fraction of sp³-hybridized carbons (Fsp3) is 0.250. The Hall–Kier alpha value is -4.78. The van der Waals surface area contributed by atoms with Crippen LogP contribution >= 0.6 is 23.2 Å². The minimum Gasteiger partial charge on any atom is -0.297 e. The molecule has 0 saturated carbocycles. The molecule has 0 spiro atoms. The van der Waals surface area contributed by atoms with Gasteiger partial charge in [-0.3, -0.25) is 9.80 Å². The number of hydrogen-bond donors (Lipinski definition) is 2. The van der Waals surface area contributed by atoms with Crippen molar-refractivity contribution in [3.63, 3.8) is 0 Å². The normalized spacial score (nSPS) is 17.7. The van der Waals surface area contributed by atoms with Gasteiger partial charge in [-0.1, -0.05) is 96.0 Å². The Bertz CT molecular complexity index is 2970. The van der Waals surface area contributed by atoms with Gasteiger partial charge < -0.3 is 0 Å². The Kier molecular flexibility index (Phi) is 13.8. The quantitative estimate of drug-likeness (QED) is 0.112. The largest absolute Gasteiger partial charge is 0.416 e. The van der Waals surface area contributed by atoms with E-state index in [1.807, 2.05) is 53.4 Å². The fourth-order valence-corrected chi connectivity index (χ4v) is 11.5. The average molecular weight is 988 g/mol. The SMILES string of the molecule is O=S(=O)(N[C@@H]1CCN(Cc2ccc(-c3ccccc3Cl)cc2)C1)c1cc(-c2cc(-c3cccc(Cl)c3)ccc2CN2CC[C@@H](NS(=O)(=O)c3cccc(C(F)(F)F)c3)C2)cc(C(F)(F)F)c1. The maximum Gasteiger partial charge on any atom is 0.416 e. The first-order valence-electron chi connectivity index (χ1n) is 20.8. The van der Waals surface area contributed by atoms with Crippen molar-refractivity contribution in [3.05, 3.63) is 166 Å². The third-order valence-corrected chi connectivity index (χ3v) is 15.3. The number of nitrogens with one attached hydrogen (secondary N) is 2. The molecule has 8 rings (SSSR count). The van der Waals surface area contributed by atoms with Gasteiger partial charge in [0.1, 0.15) is 0 Å². The first-order chi connectivity index (χ1) is 31.2. The molecule has 2 aliphatic rings.